The van der Waals surface area contributed by atoms with Gasteiger partial charge in [-0.25, -0.2) is 14.4 Å². The molecule has 3 aromatic rings. The maximum atomic E-state index is 14.9. The highest BCUT2D eigenvalue weighted by molar-refractivity contribution is 5.86. The summed E-state index contributed by atoms with van der Waals surface area (Å²) in [5.74, 6) is 0.913. The molecule has 0 amide bonds. The van der Waals surface area contributed by atoms with Crippen LogP contribution in [0.5, 0.6) is 0 Å². The number of hydrogen-bond donors (Lipinski definition) is 2. The summed E-state index contributed by atoms with van der Waals surface area (Å²) in [4.78, 5) is 8.82. The van der Waals surface area contributed by atoms with Gasteiger partial charge in [0.05, 0.1) is 5.69 Å². The molecule has 0 bridgehead atoms. The van der Waals surface area contributed by atoms with Crippen LogP contribution in [0.1, 0.15) is 17.1 Å². The number of benzene rings is 1. The highest BCUT2D eigenvalue weighted by Crippen LogP contribution is 2.35. The van der Waals surface area contributed by atoms with Crippen molar-refractivity contribution in [1.29, 1.82) is 0 Å². The number of halogens is 1. The molecule has 3 N–H and O–H groups in total. The number of fused-ring (bicyclic) bond motifs is 2. The van der Waals surface area contributed by atoms with Crippen LogP contribution in [0.15, 0.2) is 18.3 Å². The first-order valence-corrected chi connectivity index (χ1v) is 7.23. The van der Waals surface area contributed by atoms with Gasteiger partial charge in [-0.1, -0.05) is 0 Å². The number of rotatable bonds is 1. The Kier molecular flexibility index (Phi) is 2.63. The van der Waals surface area contributed by atoms with E-state index in [1.807, 2.05) is 30.5 Å². The van der Waals surface area contributed by atoms with Gasteiger partial charge in [0.15, 0.2) is 0 Å². The Balaban J connectivity index is 2.04. The van der Waals surface area contributed by atoms with Crippen LogP contribution < -0.4 is 11.1 Å². The molecule has 2 aromatic heterocycles. The van der Waals surface area contributed by atoms with Gasteiger partial charge in [-0.15, -0.1) is 0 Å². The number of anilines is 2. The minimum Gasteiger partial charge on any atom is -0.384 e. The molecule has 0 saturated heterocycles. The number of imidazole rings is 1. The predicted molar refractivity (Wildman–Crippen MR) is 84.5 cm³/mol. The third-order valence-corrected chi connectivity index (χ3v) is 4.13. The van der Waals surface area contributed by atoms with E-state index in [-0.39, 0.29) is 5.82 Å². The molecule has 1 aliphatic rings. The zero-order chi connectivity index (χ0) is 15.4. The Morgan fingerprint density at radius 2 is 2.09 bits per heavy atom. The molecular weight excluding hydrogens is 281 g/mol. The van der Waals surface area contributed by atoms with Gasteiger partial charge in [0.1, 0.15) is 28.7 Å². The van der Waals surface area contributed by atoms with Crippen molar-refractivity contribution >= 4 is 17.0 Å². The highest BCUT2D eigenvalue weighted by atomic mass is 19.1. The summed E-state index contributed by atoms with van der Waals surface area (Å²) in [6, 6.07) is 3.66. The standard InChI is InChI=1S/C16H16FN5/c1-8-7-22-9(2)21-14(15(22)16(18)20-8)11-3-4-12-10(13(11)17)5-6-19-12/h3-4,7,19H,5-6H2,1-2H3,(H2,18,20). The molecule has 0 aliphatic carbocycles. The van der Waals surface area contributed by atoms with Gasteiger partial charge in [0.25, 0.3) is 0 Å². The van der Waals surface area contributed by atoms with Gasteiger partial charge in [0, 0.05) is 29.6 Å². The summed E-state index contributed by atoms with van der Waals surface area (Å²) in [5.41, 5.74) is 10.1. The van der Waals surface area contributed by atoms with E-state index in [2.05, 4.69) is 15.3 Å². The van der Waals surface area contributed by atoms with Gasteiger partial charge in [0.2, 0.25) is 0 Å². The molecule has 0 saturated carbocycles. The van der Waals surface area contributed by atoms with Crippen molar-refractivity contribution in [2.24, 2.45) is 0 Å². The van der Waals surface area contributed by atoms with Crippen molar-refractivity contribution in [3.05, 3.63) is 41.2 Å². The first-order valence-electron chi connectivity index (χ1n) is 7.23. The van der Waals surface area contributed by atoms with Crippen LogP contribution >= 0.6 is 0 Å². The SMILES string of the molecule is Cc1cn2c(C)nc(-c3ccc4c(c3F)CCN4)c2c(N)n1. The number of aromatic nitrogens is 3. The van der Waals surface area contributed by atoms with Crippen molar-refractivity contribution in [1.82, 2.24) is 14.4 Å². The molecule has 0 atom stereocenters. The number of aryl methyl sites for hydroxylation is 2. The van der Waals surface area contributed by atoms with Crippen LogP contribution in [-0.4, -0.2) is 20.9 Å². The third kappa shape index (κ3) is 1.70. The fraction of sp³-hybridized carbons (Fsp3) is 0.250. The summed E-state index contributed by atoms with van der Waals surface area (Å²) < 4.78 is 16.7. The Morgan fingerprint density at radius 1 is 1.27 bits per heavy atom. The van der Waals surface area contributed by atoms with Crippen LogP contribution in [0.3, 0.4) is 0 Å². The van der Waals surface area contributed by atoms with E-state index in [4.69, 9.17) is 5.73 Å². The quantitative estimate of drug-likeness (QED) is 0.724. The summed E-state index contributed by atoms with van der Waals surface area (Å²) >= 11 is 0. The molecule has 0 radical (unpaired) electrons. The summed E-state index contributed by atoms with van der Waals surface area (Å²) in [7, 11) is 0. The number of hydrogen-bond acceptors (Lipinski definition) is 4. The van der Waals surface area contributed by atoms with Gasteiger partial charge < -0.3 is 11.1 Å². The van der Waals surface area contributed by atoms with Crippen LogP contribution in [-0.2, 0) is 6.42 Å². The fourth-order valence-electron chi connectivity index (χ4n) is 3.13. The average Bonchev–Trinajstić information content (AvgIpc) is 3.05. The van der Waals surface area contributed by atoms with Crippen molar-refractivity contribution < 1.29 is 4.39 Å². The lowest BCUT2D eigenvalue weighted by Crippen LogP contribution is -2.00. The topological polar surface area (TPSA) is 68.2 Å². The lowest BCUT2D eigenvalue weighted by molar-refractivity contribution is 0.618. The smallest absolute Gasteiger partial charge is 0.150 e. The first-order chi connectivity index (χ1) is 10.6. The molecule has 5 nitrogen and oxygen atoms in total. The lowest BCUT2D eigenvalue weighted by atomic mass is 10.0. The fourth-order valence-corrected chi connectivity index (χ4v) is 3.13. The minimum absolute atomic E-state index is 0.220. The van der Waals surface area contributed by atoms with Crippen LogP contribution in [0.2, 0.25) is 0 Å². The van der Waals surface area contributed by atoms with Crippen LogP contribution in [0.4, 0.5) is 15.9 Å². The van der Waals surface area contributed by atoms with E-state index in [1.54, 1.807) is 6.07 Å². The first kappa shape index (κ1) is 13.1. The van der Waals surface area contributed by atoms with Crippen LogP contribution in [0, 0.1) is 19.7 Å². The minimum atomic E-state index is -0.220. The predicted octanol–water partition coefficient (Wildman–Crippen LogP) is 2.70. The van der Waals surface area contributed by atoms with Crippen molar-refractivity contribution in [3.63, 3.8) is 0 Å². The van der Waals surface area contributed by atoms with Gasteiger partial charge in [-0.05, 0) is 32.4 Å². The molecule has 22 heavy (non-hydrogen) atoms. The normalized spacial score (nSPS) is 13.4. The zero-order valence-electron chi connectivity index (χ0n) is 12.4. The molecule has 4 rings (SSSR count). The van der Waals surface area contributed by atoms with Crippen molar-refractivity contribution in [2.45, 2.75) is 20.3 Å². The maximum Gasteiger partial charge on any atom is 0.150 e. The molecule has 0 fully saturated rings. The molecule has 6 heteroatoms. The average molecular weight is 297 g/mol. The Bertz CT molecular complexity index is 913. The van der Waals surface area contributed by atoms with E-state index < -0.39 is 0 Å². The lowest BCUT2D eigenvalue weighted by Gasteiger charge is -2.07. The molecule has 3 heterocycles. The van der Waals surface area contributed by atoms with Gasteiger partial charge >= 0.3 is 0 Å². The van der Waals surface area contributed by atoms with E-state index in [0.29, 0.717) is 29.0 Å². The Morgan fingerprint density at radius 3 is 2.91 bits per heavy atom. The van der Waals surface area contributed by atoms with Gasteiger partial charge in [-0.2, -0.15) is 0 Å². The summed E-state index contributed by atoms with van der Waals surface area (Å²) in [5, 5.41) is 3.18. The largest absolute Gasteiger partial charge is 0.384 e. The second-order valence-electron chi connectivity index (χ2n) is 5.62. The zero-order valence-corrected chi connectivity index (χ0v) is 12.4. The number of nitrogens with two attached hydrogens (primary N) is 1. The second kappa shape index (κ2) is 4.43. The van der Waals surface area contributed by atoms with E-state index in [9.17, 15) is 4.39 Å². The van der Waals surface area contributed by atoms with Crippen molar-refractivity contribution in [2.75, 3.05) is 17.6 Å². The molecule has 1 aromatic carbocycles. The Labute approximate surface area is 127 Å². The summed E-state index contributed by atoms with van der Waals surface area (Å²) in [6.07, 6.45) is 2.55. The molecule has 112 valence electrons. The number of nitrogens with one attached hydrogen (secondary N) is 1. The summed E-state index contributed by atoms with van der Waals surface area (Å²) in [6.45, 7) is 4.51. The number of nitrogen functional groups attached to an aromatic ring is 1. The molecule has 0 unspecified atom stereocenters. The maximum absolute atomic E-state index is 14.9. The Hall–Kier alpha value is -2.63. The second-order valence-corrected chi connectivity index (χ2v) is 5.62. The monoisotopic (exact) mass is 297 g/mol. The third-order valence-electron chi connectivity index (χ3n) is 4.13. The van der Waals surface area contributed by atoms with E-state index in [0.717, 1.165) is 29.3 Å². The molecule has 1 aliphatic heterocycles. The van der Waals surface area contributed by atoms with Crippen LogP contribution in [0.25, 0.3) is 16.8 Å². The molecule has 0 spiro atoms. The molecular formula is C16H16FN5. The highest BCUT2D eigenvalue weighted by Gasteiger charge is 2.22. The van der Waals surface area contributed by atoms with E-state index >= 15 is 0 Å². The van der Waals surface area contributed by atoms with Crippen molar-refractivity contribution in [3.8, 4) is 11.3 Å². The van der Waals surface area contributed by atoms with Gasteiger partial charge in [-0.3, -0.25) is 4.40 Å². The number of nitrogens with zero attached hydrogens (tertiary/aromatic N) is 3. The van der Waals surface area contributed by atoms with E-state index in [1.165, 1.54) is 0 Å².